The number of carbonyl (C=O) groups excluding carboxylic acids is 1. The molecule has 0 fully saturated rings. The lowest BCUT2D eigenvalue weighted by atomic mass is 10.1. The lowest BCUT2D eigenvalue weighted by Gasteiger charge is -2.16. The van der Waals surface area contributed by atoms with Gasteiger partial charge >= 0.3 is 0 Å². The molecular weight excluding hydrogens is 424 g/mol. The van der Waals surface area contributed by atoms with Gasteiger partial charge in [0.1, 0.15) is 11.5 Å². The minimum atomic E-state index is -0.353. The summed E-state index contributed by atoms with van der Waals surface area (Å²) in [5.41, 5.74) is 3.11. The molecule has 168 valence electrons. The Morgan fingerprint density at radius 2 is 1.97 bits per heavy atom. The van der Waals surface area contributed by atoms with Crippen molar-refractivity contribution >= 4 is 23.4 Å². The smallest absolute Gasteiger partial charge is 0.234 e. The predicted octanol–water partition coefficient (Wildman–Crippen LogP) is 4.96. The van der Waals surface area contributed by atoms with Gasteiger partial charge < -0.3 is 14.8 Å². The Morgan fingerprint density at radius 1 is 1.19 bits per heavy atom. The summed E-state index contributed by atoms with van der Waals surface area (Å²) < 4.78 is 13.2. The molecule has 1 unspecified atom stereocenters. The van der Waals surface area contributed by atoms with E-state index in [9.17, 15) is 4.79 Å². The van der Waals surface area contributed by atoms with Gasteiger partial charge in [-0.2, -0.15) is 0 Å². The second kappa shape index (κ2) is 10.9. The Kier molecular flexibility index (Phi) is 7.94. The van der Waals surface area contributed by atoms with Crippen molar-refractivity contribution in [2.75, 3.05) is 18.2 Å². The van der Waals surface area contributed by atoms with Gasteiger partial charge in [0.15, 0.2) is 17.1 Å². The minimum absolute atomic E-state index is 0.103. The Labute approximate surface area is 192 Å². The molecule has 1 amide bonds. The van der Waals surface area contributed by atoms with E-state index < -0.39 is 0 Å². The number of amides is 1. The first-order valence-corrected chi connectivity index (χ1v) is 11.2. The fourth-order valence-electron chi connectivity index (χ4n) is 3.09. The van der Waals surface area contributed by atoms with Gasteiger partial charge in [0.2, 0.25) is 5.91 Å². The van der Waals surface area contributed by atoms with Crippen molar-refractivity contribution < 1.29 is 14.3 Å². The van der Waals surface area contributed by atoms with E-state index in [4.69, 9.17) is 9.47 Å². The standard InChI is InChI=1S/C24H28N4O3S/c1-6-12-28-23(18(4)31-21-9-7-8-20(14-21)30-5)26-27-24(28)32-15-22(29)25-19-11-10-16(2)17(3)13-19/h6-11,13-14,18H,1,12,15H2,2-5H3,(H,25,29). The molecule has 7 nitrogen and oxygen atoms in total. The van der Waals surface area contributed by atoms with Gasteiger partial charge in [-0.05, 0) is 56.2 Å². The summed E-state index contributed by atoms with van der Waals surface area (Å²) in [5.74, 6) is 2.16. The number of anilines is 1. The fourth-order valence-corrected chi connectivity index (χ4v) is 3.84. The second-order valence-corrected chi connectivity index (χ2v) is 8.26. The van der Waals surface area contributed by atoms with Crippen LogP contribution in [0.1, 0.15) is 30.0 Å². The van der Waals surface area contributed by atoms with Crippen molar-refractivity contribution in [3.63, 3.8) is 0 Å². The third-order valence-corrected chi connectivity index (χ3v) is 5.86. The van der Waals surface area contributed by atoms with Crippen molar-refractivity contribution in [1.29, 1.82) is 0 Å². The summed E-state index contributed by atoms with van der Waals surface area (Å²) in [4.78, 5) is 12.4. The number of benzene rings is 2. The lowest BCUT2D eigenvalue weighted by Crippen LogP contribution is -2.15. The van der Waals surface area contributed by atoms with Crippen molar-refractivity contribution in [1.82, 2.24) is 14.8 Å². The molecule has 2 aromatic carbocycles. The van der Waals surface area contributed by atoms with E-state index in [0.717, 1.165) is 11.3 Å². The highest BCUT2D eigenvalue weighted by atomic mass is 32.2. The minimum Gasteiger partial charge on any atom is -0.497 e. The quantitative estimate of drug-likeness (QED) is 0.346. The van der Waals surface area contributed by atoms with Crippen LogP contribution in [-0.4, -0.2) is 33.5 Å². The van der Waals surface area contributed by atoms with E-state index in [1.807, 2.05) is 67.8 Å². The van der Waals surface area contributed by atoms with Gasteiger partial charge in [0.25, 0.3) is 0 Å². The van der Waals surface area contributed by atoms with Crippen LogP contribution in [-0.2, 0) is 11.3 Å². The average molecular weight is 453 g/mol. The summed E-state index contributed by atoms with van der Waals surface area (Å²) >= 11 is 1.33. The third kappa shape index (κ3) is 5.91. The monoisotopic (exact) mass is 452 g/mol. The molecule has 0 saturated carbocycles. The molecule has 1 aromatic heterocycles. The number of aryl methyl sites for hydroxylation is 2. The number of aromatic nitrogens is 3. The van der Waals surface area contributed by atoms with Crippen LogP contribution in [0.3, 0.4) is 0 Å². The zero-order chi connectivity index (χ0) is 23.1. The number of hydrogen-bond donors (Lipinski definition) is 1. The molecule has 0 spiro atoms. The molecule has 0 aliphatic carbocycles. The highest BCUT2D eigenvalue weighted by Crippen LogP contribution is 2.27. The zero-order valence-electron chi connectivity index (χ0n) is 18.8. The summed E-state index contributed by atoms with van der Waals surface area (Å²) in [6.45, 7) is 10.3. The topological polar surface area (TPSA) is 78.3 Å². The molecule has 32 heavy (non-hydrogen) atoms. The zero-order valence-corrected chi connectivity index (χ0v) is 19.6. The maximum atomic E-state index is 12.4. The first kappa shape index (κ1) is 23.4. The first-order valence-electron chi connectivity index (χ1n) is 10.3. The summed E-state index contributed by atoms with van der Waals surface area (Å²) in [6.07, 6.45) is 1.41. The van der Waals surface area contributed by atoms with Gasteiger partial charge in [-0.3, -0.25) is 9.36 Å². The van der Waals surface area contributed by atoms with Crippen LogP contribution in [0.5, 0.6) is 11.5 Å². The van der Waals surface area contributed by atoms with E-state index in [2.05, 4.69) is 22.1 Å². The normalized spacial score (nSPS) is 11.6. The number of thioether (sulfide) groups is 1. The molecule has 0 radical (unpaired) electrons. The molecule has 0 aliphatic rings. The summed E-state index contributed by atoms with van der Waals surface area (Å²) in [7, 11) is 1.61. The molecule has 3 rings (SSSR count). The molecule has 0 bridgehead atoms. The van der Waals surface area contributed by atoms with Gasteiger partial charge in [-0.1, -0.05) is 30.0 Å². The molecule has 1 atom stereocenters. The fraction of sp³-hybridized carbons (Fsp3) is 0.292. The van der Waals surface area contributed by atoms with Gasteiger partial charge in [0, 0.05) is 18.3 Å². The van der Waals surface area contributed by atoms with E-state index in [1.54, 1.807) is 13.2 Å². The molecular formula is C24H28N4O3S. The first-order chi connectivity index (χ1) is 15.4. The van der Waals surface area contributed by atoms with Crippen LogP contribution in [0.15, 0.2) is 60.3 Å². The highest BCUT2D eigenvalue weighted by molar-refractivity contribution is 7.99. The number of rotatable bonds is 10. The summed E-state index contributed by atoms with van der Waals surface area (Å²) in [5, 5.41) is 12.2. The van der Waals surface area contributed by atoms with Crippen molar-refractivity contribution in [3.8, 4) is 11.5 Å². The van der Waals surface area contributed by atoms with Crippen molar-refractivity contribution in [2.45, 2.75) is 38.6 Å². The van der Waals surface area contributed by atoms with E-state index in [-0.39, 0.29) is 17.8 Å². The average Bonchev–Trinajstić information content (AvgIpc) is 3.18. The molecule has 0 saturated heterocycles. The maximum Gasteiger partial charge on any atom is 0.234 e. The van der Waals surface area contributed by atoms with Crippen LogP contribution in [0.2, 0.25) is 0 Å². The number of allylic oxidation sites excluding steroid dienone is 1. The highest BCUT2D eigenvalue weighted by Gasteiger charge is 2.20. The number of ether oxygens (including phenoxy) is 2. The van der Waals surface area contributed by atoms with E-state index in [1.165, 1.54) is 17.3 Å². The Balaban J connectivity index is 1.67. The number of carbonyl (C=O) groups is 1. The largest absolute Gasteiger partial charge is 0.497 e. The number of hydrogen-bond acceptors (Lipinski definition) is 6. The Morgan fingerprint density at radius 3 is 2.69 bits per heavy atom. The van der Waals surface area contributed by atoms with Crippen molar-refractivity contribution in [2.24, 2.45) is 0 Å². The van der Waals surface area contributed by atoms with Crippen LogP contribution >= 0.6 is 11.8 Å². The Hall–Kier alpha value is -3.26. The molecule has 1 N–H and O–H groups in total. The predicted molar refractivity (Wildman–Crippen MR) is 128 cm³/mol. The Bertz CT molecular complexity index is 1100. The molecule has 3 aromatic rings. The molecule has 0 aliphatic heterocycles. The van der Waals surface area contributed by atoms with Crippen molar-refractivity contribution in [3.05, 3.63) is 72.1 Å². The van der Waals surface area contributed by atoms with Crippen LogP contribution in [0, 0.1) is 13.8 Å². The second-order valence-electron chi connectivity index (χ2n) is 7.32. The van der Waals surface area contributed by atoms with Gasteiger partial charge in [0.05, 0.1) is 12.9 Å². The molecule has 1 heterocycles. The van der Waals surface area contributed by atoms with Gasteiger partial charge in [-0.15, -0.1) is 16.8 Å². The van der Waals surface area contributed by atoms with Crippen LogP contribution in [0.25, 0.3) is 0 Å². The molecule has 8 heteroatoms. The third-order valence-electron chi connectivity index (χ3n) is 4.90. The SMILES string of the molecule is C=CCn1c(SCC(=O)Nc2ccc(C)c(C)c2)nnc1C(C)Oc1cccc(OC)c1. The van der Waals surface area contributed by atoms with E-state index >= 15 is 0 Å². The maximum absolute atomic E-state index is 12.4. The number of nitrogens with zero attached hydrogens (tertiary/aromatic N) is 3. The summed E-state index contributed by atoms with van der Waals surface area (Å²) in [6, 6.07) is 13.3. The van der Waals surface area contributed by atoms with Crippen LogP contribution < -0.4 is 14.8 Å². The number of methoxy groups -OCH3 is 1. The number of nitrogens with one attached hydrogen (secondary N) is 1. The van der Waals surface area contributed by atoms with Crippen LogP contribution in [0.4, 0.5) is 5.69 Å². The van der Waals surface area contributed by atoms with E-state index in [0.29, 0.717) is 29.0 Å². The lowest BCUT2D eigenvalue weighted by molar-refractivity contribution is -0.113. The van der Waals surface area contributed by atoms with Gasteiger partial charge in [-0.25, -0.2) is 0 Å².